The van der Waals surface area contributed by atoms with Crippen LogP contribution < -0.4 is 5.32 Å². The van der Waals surface area contributed by atoms with Crippen LogP contribution in [-0.2, 0) is 6.54 Å². The summed E-state index contributed by atoms with van der Waals surface area (Å²) in [6.07, 6.45) is 0. The van der Waals surface area contributed by atoms with Gasteiger partial charge in [-0.15, -0.1) is 10.2 Å². The number of hydrogen-bond acceptors (Lipinski definition) is 7. The van der Waals surface area contributed by atoms with E-state index in [0.29, 0.717) is 11.7 Å². The Bertz CT molecular complexity index is 453. The predicted molar refractivity (Wildman–Crippen MR) is 58.2 cm³/mol. The quantitative estimate of drug-likeness (QED) is 0.656. The first-order valence-electron chi connectivity index (χ1n) is 3.97. The van der Waals surface area contributed by atoms with Crippen molar-refractivity contribution in [3.8, 4) is 0 Å². The first-order valence-corrected chi connectivity index (χ1v) is 5.73. The molecule has 2 heterocycles. The van der Waals surface area contributed by atoms with E-state index < -0.39 is 0 Å². The molecule has 0 saturated carbocycles. The topological polar surface area (TPSA) is 81.0 Å². The van der Waals surface area contributed by atoms with Gasteiger partial charge >= 0.3 is 5.00 Å². The highest BCUT2D eigenvalue weighted by atomic mass is 32.1. The largest absolute Gasteiger partial charge is 0.356 e. The third-order valence-electron chi connectivity index (χ3n) is 1.62. The smallest absolute Gasteiger partial charge is 0.324 e. The molecule has 0 amide bonds. The Balaban J connectivity index is 1.96. The Morgan fingerprint density at radius 1 is 1.53 bits per heavy atom. The summed E-state index contributed by atoms with van der Waals surface area (Å²) in [5.41, 5.74) is 2.50. The minimum Gasteiger partial charge on any atom is -0.356 e. The molecular formula is C7H6N4O2S2. The zero-order chi connectivity index (χ0) is 10.7. The molecule has 0 fully saturated rings. The van der Waals surface area contributed by atoms with Crippen molar-refractivity contribution in [2.75, 3.05) is 5.32 Å². The fourth-order valence-corrected chi connectivity index (χ4v) is 2.15. The van der Waals surface area contributed by atoms with Gasteiger partial charge < -0.3 is 5.32 Å². The summed E-state index contributed by atoms with van der Waals surface area (Å²) in [4.78, 5) is 10.0. The van der Waals surface area contributed by atoms with Crippen LogP contribution in [0.25, 0.3) is 0 Å². The van der Waals surface area contributed by atoms with E-state index >= 15 is 0 Å². The standard InChI is InChI=1S/C7H6N4O2S2/c12-11(13)6-1-5(3-14-6)2-8-7-10-9-4-15-7/h1,3-4H,2H2,(H,8,10). The average molecular weight is 242 g/mol. The van der Waals surface area contributed by atoms with Crippen LogP contribution in [0.1, 0.15) is 5.56 Å². The first-order chi connectivity index (χ1) is 7.25. The number of hydrogen-bond donors (Lipinski definition) is 1. The number of anilines is 1. The van der Waals surface area contributed by atoms with E-state index in [1.807, 2.05) is 0 Å². The van der Waals surface area contributed by atoms with Crippen molar-refractivity contribution in [1.82, 2.24) is 10.2 Å². The number of thiophene rings is 1. The van der Waals surface area contributed by atoms with Gasteiger partial charge in [-0.2, -0.15) is 0 Å². The van der Waals surface area contributed by atoms with E-state index in [2.05, 4.69) is 15.5 Å². The molecular weight excluding hydrogens is 236 g/mol. The highest BCUT2D eigenvalue weighted by Gasteiger charge is 2.09. The Morgan fingerprint density at radius 3 is 3.00 bits per heavy atom. The summed E-state index contributed by atoms with van der Waals surface area (Å²) in [6, 6.07) is 1.55. The maximum atomic E-state index is 10.4. The maximum Gasteiger partial charge on any atom is 0.324 e. The van der Waals surface area contributed by atoms with Crippen LogP contribution in [-0.4, -0.2) is 15.1 Å². The molecule has 2 rings (SSSR count). The lowest BCUT2D eigenvalue weighted by Gasteiger charge is -1.96. The van der Waals surface area contributed by atoms with E-state index in [0.717, 1.165) is 16.9 Å². The molecule has 15 heavy (non-hydrogen) atoms. The summed E-state index contributed by atoms with van der Waals surface area (Å²) in [5, 5.41) is 23.5. The van der Waals surface area contributed by atoms with Crippen LogP contribution in [0.3, 0.4) is 0 Å². The molecule has 2 aromatic heterocycles. The van der Waals surface area contributed by atoms with Crippen molar-refractivity contribution in [1.29, 1.82) is 0 Å². The van der Waals surface area contributed by atoms with Gasteiger partial charge in [0.1, 0.15) is 5.51 Å². The fourth-order valence-electron chi connectivity index (χ4n) is 0.979. The zero-order valence-electron chi connectivity index (χ0n) is 7.41. The van der Waals surface area contributed by atoms with E-state index in [1.54, 1.807) is 17.0 Å². The molecule has 1 N–H and O–H groups in total. The van der Waals surface area contributed by atoms with Crippen LogP contribution in [0.15, 0.2) is 17.0 Å². The lowest BCUT2D eigenvalue weighted by molar-refractivity contribution is -0.380. The van der Waals surface area contributed by atoms with Crippen LogP contribution in [0.2, 0.25) is 0 Å². The second-order valence-corrected chi connectivity index (χ2v) is 4.37. The summed E-state index contributed by atoms with van der Waals surface area (Å²) >= 11 is 2.51. The molecule has 6 nitrogen and oxygen atoms in total. The highest BCUT2D eigenvalue weighted by molar-refractivity contribution is 7.13. The second-order valence-electron chi connectivity index (χ2n) is 2.65. The van der Waals surface area contributed by atoms with Crippen LogP contribution >= 0.6 is 22.7 Å². The van der Waals surface area contributed by atoms with Crippen molar-refractivity contribution >= 4 is 32.8 Å². The SMILES string of the molecule is O=[N+]([O-])c1cc(CNc2nncs2)cs1. The summed E-state index contributed by atoms with van der Waals surface area (Å²) < 4.78 is 0. The Kier molecular flexibility index (Phi) is 2.88. The second kappa shape index (κ2) is 4.32. The van der Waals surface area contributed by atoms with Gasteiger partial charge in [0.05, 0.1) is 4.92 Å². The third kappa shape index (κ3) is 2.48. The van der Waals surface area contributed by atoms with Crippen LogP contribution in [0.4, 0.5) is 10.1 Å². The van der Waals surface area contributed by atoms with E-state index in [-0.39, 0.29) is 9.92 Å². The van der Waals surface area contributed by atoms with Gasteiger partial charge in [0.2, 0.25) is 5.13 Å². The van der Waals surface area contributed by atoms with Gasteiger partial charge in [-0.25, -0.2) is 0 Å². The van der Waals surface area contributed by atoms with Gasteiger partial charge in [0.25, 0.3) is 0 Å². The number of nitro groups is 1. The third-order valence-corrected chi connectivity index (χ3v) is 3.20. The van der Waals surface area contributed by atoms with Gasteiger partial charge in [0.15, 0.2) is 0 Å². The Labute approximate surface area is 92.7 Å². The number of aromatic nitrogens is 2. The number of nitrogens with zero attached hydrogens (tertiary/aromatic N) is 3. The monoisotopic (exact) mass is 242 g/mol. The minimum atomic E-state index is -0.390. The molecule has 0 saturated heterocycles. The Morgan fingerprint density at radius 2 is 2.40 bits per heavy atom. The molecule has 0 radical (unpaired) electrons. The highest BCUT2D eigenvalue weighted by Crippen LogP contribution is 2.23. The van der Waals surface area contributed by atoms with E-state index in [1.165, 1.54) is 11.3 Å². The lowest BCUT2D eigenvalue weighted by Crippen LogP contribution is -1.97. The molecule has 0 aromatic carbocycles. The van der Waals surface area contributed by atoms with Crippen molar-refractivity contribution < 1.29 is 4.92 Å². The summed E-state index contributed by atoms with van der Waals surface area (Å²) in [5.74, 6) is 0. The van der Waals surface area contributed by atoms with E-state index in [9.17, 15) is 10.1 Å². The first kappa shape index (κ1) is 9.99. The minimum absolute atomic E-state index is 0.157. The van der Waals surface area contributed by atoms with Gasteiger partial charge in [-0.1, -0.05) is 22.7 Å². The van der Waals surface area contributed by atoms with Gasteiger partial charge in [0, 0.05) is 18.0 Å². The van der Waals surface area contributed by atoms with Gasteiger partial charge in [-0.3, -0.25) is 10.1 Å². The van der Waals surface area contributed by atoms with E-state index in [4.69, 9.17) is 0 Å². The maximum absolute atomic E-state index is 10.4. The molecule has 0 aliphatic carbocycles. The molecule has 0 unspecified atom stereocenters. The molecule has 0 bridgehead atoms. The van der Waals surface area contributed by atoms with Crippen LogP contribution in [0.5, 0.6) is 0 Å². The average Bonchev–Trinajstić information content (AvgIpc) is 2.86. The predicted octanol–water partition coefficient (Wildman–Crippen LogP) is 2.12. The van der Waals surface area contributed by atoms with Crippen molar-refractivity contribution in [3.63, 3.8) is 0 Å². The normalized spacial score (nSPS) is 10.1. The van der Waals surface area contributed by atoms with Crippen molar-refractivity contribution in [2.24, 2.45) is 0 Å². The zero-order valence-corrected chi connectivity index (χ0v) is 9.05. The number of nitrogens with one attached hydrogen (secondary N) is 1. The molecule has 78 valence electrons. The van der Waals surface area contributed by atoms with Crippen molar-refractivity contribution in [2.45, 2.75) is 6.54 Å². The molecule has 8 heteroatoms. The fraction of sp³-hybridized carbons (Fsp3) is 0.143. The summed E-state index contributed by atoms with van der Waals surface area (Å²) in [7, 11) is 0. The molecule has 0 aliphatic rings. The molecule has 0 spiro atoms. The lowest BCUT2D eigenvalue weighted by atomic mass is 10.3. The van der Waals surface area contributed by atoms with Gasteiger partial charge in [-0.05, 0) is 5.56 Å². The molecule has 0 atom stereocenters. The Hall–Kier alpha value is -1.54. The van der Waals surface area contributed by atoms with Crippen molar-refractivity contribution in [3.05, 3.63) is 32.6 Å². The number of rotatable bonds is 4. The van der Waals surface area contributed by atoms with Crippen LogP contribution in [0, 0.1) is 10.1 Å². The molecule has 0 aliphatic heterocycles. The summed E-state index contributed by atoms with van der Waals surface area (Å²) in [6.45, 7) is 0.527. The molecule has 2 aromatic rings.